The fourth-order valence-corrected chi connectivity index (χ4v) is 4.36. The Morgan fingerprint density at radius 3 is 1.87 bits per heavy atom. The maximum atomic E-state index is 13.3. The number of hydrogen-bond donors (Lipinski definition) is 3. The first-order valence-electron chi connectivity index (χ1n) is 9.10. The summed E-state index contributed by atoms with van der Waals surface area (Å²) in [5.41, 5.74) is 2.46. The van der Waals surface area contributed by atoms with Crippen molar-refractivity contribution in [1.29, 1.82) is 0 Å². The number of carbonyl (C=O) groups is 2. The molecule has 0 amide bonds. The van der Waals surface area contributed by atoms with Crippen molar-refractivity contribution in [1.82, 2.24) is 0 Å². The van der Waals surface area contributed by atoms with Gasteiger partial charge in [0.05, 0.1) is 22.5 Å². The third-order valence-corrected chi connectivity index (χ3v) is 5.92. The first-order valence-corrected chi connectivity index (χ1v) is 10.5. The molecule has 3 N–H and O–H groups in total. The van der Waals surface area contributed by atoms with Crippen LogP contribution in [0.15, 0.2) is 59.5 Å². The monoisotopic (exact) mass is 445 g/mol. The second-order valence-corrected chi connectivity index (χ2v) is 8.35. The number of ketones is 2. The van der Waals surface area contributed by atoms with Crippen LogP contribution in [0.4, 0.5) is 17.1 Å². The second-order valence-electron chi connectivity index (χ2n) is 6.96. The molecule has 1 radical (unpaired) electrons. The summed E-state index contributed by atoms with van der Waals surface area (Å²) in [5.74, 6) is -0.646. The van der Waals surface area contributed by atoms with Crippen LogP contribution in [0.3, 0.4) is 0 Å². The average Bonchev–Trinajstić information content (AvgIpc) is 2.72. The zero-order valence-corrected chi connectivity index (χ0v) is 20.0. The molecule has 0 fully saturated rings. The largest absolute Gasteiger partial charge is 0.388 e. The summed E-state index contributed by atoms with van der Waals surface area (Å²) in [6, 6.07) is 14.3. The van der Waals surface area contributed by atoms with E-state index in [4.69, 9.17) is 0 Å². The summed E-state index contributed by atoms with van der Waals surface area (Å²) < 4.78 is 33.3. The summed E-state index contributed by atoms with van der Waals surface area (Å²) in [4.78, 5) is 26.1. The van der Waals surface area contributed by atoms with Gasteiger partial charge in [-0.1, -0.05) is 30.3 Å². The van der Waals surface area contributed by atoms with E-state index in [9.17, 15) is 22.6 Å². The van der Waals surface area contributed by atoms with Gasteiger partial charge in [-0.15, -0.1) is 0 Å². The average molecular weight is 445 g/mol. The van der Waals surface area contributed by atoms with Crippen LogP contribution >= 0.6 is 0 Å². The standard InChI is InChI=1S/C22H18N2O5S.Na/c1-12-7-8-15(18(11-12)30(27,28)29)24-17-10-9-16(23-2)19-20(17)22(26)14-6-4-3-5-13(14)21(19)25;/h3-11,23-24H,1-2H3,(H,27,28,29);. The molecule has 0 atom stereocenters. The van der Waals surface area contributed by atoms with Gasteiger partial charge in [-0.3, -0.25) is 14.1 Å². The molecule has 1 aliphatic rings. The Bertz CT molecular complexity index is 1340. The molecular formula is C22H18N2NaO5S. The van der Waals surface area contributed by atoms with Crippen LogP contribution < -0.4 is 10.6 Å². The molecular weight excluding hydrogens is 427 g/mol. The summed E-state index contributed by atoms with van der Waals surface area (Å²) >= 11 is 0. The fraction of sp³-hybridized carbons (Fsp3) is 0.0909. The van der Waals surface area contributed by atoms with Gasteiger partial charge in [-0.2, -0.15) is 8.42 Å². The quantitative estimate of drug-likeness (QED) is 0.326. The minimum absolute atomic E-state index is 0. The molecule has 3 aromatic carbocycles. The van der Waals surface area contributed by atoms with Gasteiger partial charge in [0.2, 0.25) is 0 Å². The van der Waals surface area contributed by atoms with Crippen LogP contribution in [0, 0.1) is 6.92 Å². The normalized spacial score (nSPS) is 12.5. The Morgan fingerprint density at radius 1 is 0.806 bits per heavy atom. The molecule has 0 bridgehead atoms. The molecule has 1 aliphatic carbocycles. The van der Waals surface area contributed by atoms with Gasteiger partial charge >= 0.3 is 0 Å². The van der Waals surface area contributed by atoms with Crippen LogP contribution in [0.2, 0.25) is 0 Å². The van der Waals surface area contributed by atoms with Crippen LogP contribution in [-0.2, 0) is 10.1 Å². The molecule has 0 aliphatic heterocycles. The SMILES string of the molecule is CNc1ccc(Nc2ccc(C)cc2S(=O)(=O)O)c2c1C(=O)c1ccccc1C2=O.[Na]. The maximum absolute atomic E-state index is 13.3. The summed E-state index contributed by atoms with van der Waals surface area (Å²) in [6.45, 7) is 1.70. The third-order valence-electron chi connectivity index (χ3n) is 5.03. The van der Waals surface area contributed by atoms with E-state index >= 15 is 0 Å². The number of carbonyl (C=O) groups excluding carboxylic acids is 2. The molecule has 31 heavy (non-hydrogen) atoms. The van der Waals surface area contributed by atoms with Crippen LogP contribution in [0.25, 0.3) is 0 Å². The van der Waals surface area contributed by atoms with Gasteiger partial charge in [0.25, 0.3) is 10.1 Å². The van der Waals surface area contributed by atoms with E-state index in [-0.39, 0.29) is 74.1 Å². The molecule has 0 unspecified atom stereocenters. The zero-order valence-electron chi connectivity index (χ0n) is 17.2. The van der Waals surface area contributed by atoms with E-state index in [1.54, 1.807) is 56.4 Å². The van der Waals surface area contributed by atoms with Gasteiger partial charge in [0.1, 0.15) is 4.90 Å². The Kier molecular flexibility index (Phi) is 6.40. The number of benzene rings is 3. The molecule has 0 heterocycles. The van der Waals surface area contributed by atoms with Gasteiger partial charge < -0.3 is 10.6 Å². The number of rotatable bonds is 4. The first kappa shape index (κ1) is 23.2. The molecule has 0 spiro atoms. The van der Waals surface area contributed by atoms with Crippen LogP contribution in [0.1, 0.15) is 37.4 Å². The first-order chi connectivity index (χ1) is 14.2. The molecule has 0 saturated carbocycles. The summed E-state index contributed by atoms with van der Waals surface area (Å²) in [7, 11) is -2.86. The van der Waals surface area contributed by atoms with Crippen molar-refractivity contribution in [2.75, 3.05) is 17.7 Å². The van der Waals surface area contributed by atoms with Crippen molar-refractivity contribution in [3.8, 4) is 0 Å². The number of anilines is 3. The van der Waals surface area contributed by atoms with Crippen LogP contribution in [0.5, 0.6) is 0 Å². The molecule has 3 aromatic rings. The minimum atomic E-state index is -4.51. The van der Waals surface area contributed by atoms with Crippen molar-refractivity contribution in [2.45, 2.75) is 11.8 Å². The van der Waals surface area contributed by atoms with E-state index in [0.717, 1.165) is 0 Å². The molecule has 7 nitrogen and oxygen atoms in total. The topological polar surface area (TPSA) is 113 Å². The molecule has 4 rings (SSSR count). The van der Waals surface area contributed by atoms with Crippen molar-refractivity contribution < 1.29 is 22.6 Å². The van der Waals surface area contributed by atoms with E-state index < -0.39 is 10.1 Å². The maximum Gasteiger partial charge on any atom is 0.296 e. The Balaban J connectivity index is 0.00000272. The van der Waals surface area contributed by atoms with Crippen molar-refractivity contribution in [3.63, 3.8) is 0 Å². The van der Waals surface area contributed by atoms with Crippen molar-refractivity contribution in [3.05, 3.63) is 82.4 Å². The molecule has 0 aromatic heterocycles. The second kappa shape index (κ2) is 8.57. The number of fused-ring (bicyclic) bond motifs is 2. The van der Waals surface area contributed by atoms with E-state index in [0.29, 0.717) is 16.8 Å². The predicted molar refractivity (Wildman–Crippen MR) is 119 cm³/mol. The number of nitrogens with one attached hydrogen (secondary N) is 2. The summed E-state index contributed by atoms with van der Waals surface area (Å²) in [5, 5.41) is 5.86. The fourth-order valence-electron chi connectivity index (χ4n) is 3.63. The Hall–Kier alpha value is -2.49. The van der Waals surface area contributed by atoms with Gasteiger partial charge in [0, 0.05) is 53.4 Å². The molecule has 0 saturated heterocycles. The smallest absolute Gasteiger partial charge is 0.296 e. The van der Waals surface area contributed by atoms with Gasteiger partial charge in [-0.05, 0) is 36.8 Å². The summed E-state index contributed by atoms with van der Waals surface area (Å²) in [6.07, 6.45) is 0. The van der Waals surface area contributed by atoms with Crippen LogP contribution in [-0.4, -0.2) is 61.1 Å². The van der Waals surface area contributed by atoms with Crippen molar-refractivity contribution >= 4 is 68.3 Å². The van der Waals surface area contributed by atoms with Gasteiger partial charge in [0.15, 0.2) is 11.6 Å². The number of hydrogen-bond acceptors (Lipinski definition) is 6. The number of aryl methyl sites for hydroxylation is 1. The van der Waals surface area contributed by atoms with E-state index in [2.05, 4.69) is 10.6 Å². The minimum Gasteiger partial charge on any atom is -0.388 e. The predicted octanol–water partition coefficient (Wildman–Crippen LogP) is 3.42. The van der Waals surface area contributed by atoms with E-state index in [1.807, 2.05) is 0 Å². The Labute approximate surface area is 201 Å². The van der Waals surface area contributed by atoms with Gasteiger partial charge in [-0.25, -0.2) is 0 Å². The molecule has 153 valence electrons. The Morgan fingerprint density at radius 2 is 1.32 bits per heavy atom. The van der Waals surface area contributed by atoms with Crippen molar-refractivity contribution in [2.24, 2.45) is 0 Å². The van der Waals surface area contributed by atoms with E-state index in [1.165, 1.54) is 12.1 Å². The zero-order chi connectivity index (χ0) is 21.6. The third kappa shape index (κ3) is 4.05. The molecule has 9 heteroatoms.